The van der Waals surface area contributed by atoms with Gasteiger partial charge in [-0.2, -0.15) is 0 Å². The van der Waals surface area contributed by atoms with Crippen LogP contribution in [0.5, 0.6) is 0 Å². The van der Waals surface area contributed by atoms with Crippen LogP contribution >= 0.6 is 23.4 Å². The van der Waals surface area contributed by atoms with Gasteiger partial charge < -0.3 is 0 Å². The third kappa shape index (κ3) is 5.33. The molecular weight excluding hydrogens is 410 g/mol. The molecule has 152 valence electrons. The standard InChI is InChI=1S/C20H22ClN5O2S/c1-12(2)7-10-26-18(28)15-6-5-14(21)11-16(15)24-20(26)29-13(3)17(27)25-19-22-8-4-9-23-19/h4-6,8-9,11-13H,7,10H2,1-3H3,(H,22,23,25,27). The number of hydrogen-bond donors (Lipinski definition) is 1. The molecule has 0 aliphatic carbocycles. The first kappa shape index (κ1) is 21.3. The lowest BCUT2D eigenvalue weighted by Gasteiger charge is -2.17. The van der Waals surface area contributed by atoms with Gasteiger partial charge in [0.1, 0.15) is 0 Å². The quantitative estimate of drug-likeness (QED) is 0.449. The van der Waals surface area contributed by atoms with Crippen molar-refractivity contribution in [3.63, 3.8) is 0 Å². The van der Waals surface area contributed by atoms with Gasteiger partial charge in [-0.15, -0.1) is 0 Å². The molecule has 0 radical (unpaired) electrons. The number of thioether (sulfide) groups is 1. The van der Waals surface area contributed by atoms with Crippen LogP contribution in [0.1, 0.15) is 27.2 Å². The average molecular weight is 432 g/mol. The number of anilines is 1. The summed E-state index contributed by atoms with van der Waals surface area (Å²) >= 11 is 7.30. The first-order valence-electron chi connectivity index (χ1n) is 9.29. The largest absolute Gasteiger partial charge is 0.294 e. The van der Waals surface area contributed by atoms with Crippen molar-refractivity contribution in [1.29, 1.82) is 0 Å². The second-order valence-corrected chi connectivity index (χ2v) is 8.76. The molecule has 2 aromatic heterocycles. The van der Waals surface area contributed by atoms with Crippen LogP contribution in [0.3, 0.4) is 0 Å². The molecule has 0 bridgehead atoms. The van der Waals surface area contributed by atoms with Crippen LogP contribution in [-0.4, -0.2) is 30.7 Å². The van der Waals surface area contributed by atoms with Gasteiger partial charge in [0.2, 0.25) is 11.9 Å². The fourth-order valence-electron chi connectivity index (χ4n) is 2.64. The molecule has 1 unspecified atom stereocenters. The van der Waals surface area contributed by atoms with Gasteiger partial charge in [-0.1, -0.05) is 37.2 Å². The van der Waals surface area contributed by atoms with Gasteiger partial charge in [0.25, 0.3) is 5.56 Å². The number of nitrogens with one attached hydrogen (secondary N) is 1. The van der Waals surface area contributed by atoms with E-state index in [2.05, 4.69) is 34.1 Å². The lowest BCUT2D eigenvalue weighted by molar-refractivity contribution is -0.115. The van der Waals surface area contributed by atoms with Gasteiger partial charge in [-0.3, -0.25) is 19.5 Å². The molecule has 3 aromatic rings. The Hall–Kier alpha value is -2.45. The van der Waals surface area contributed by atoms with E-state index in [1.54, 1.807) is 48.1 Å². The fraction of sp³-hybridized carbons (Fsp3) is 0.350. The molecule has 29 heavy (non-hydrogen) atoms. The van der Waals surface area contributed by atoms with Crippen molar-refractivity contribution >= 4 is 46.1 Å². The topological polar surface area (TPSA) is 89.8 Å². The summed E-state index contributed by atoms with van der Waals surface area (Å²) in [5.74, 6) is 0.397. The smallest absolute Gasteiger partial charge is 0.262 e. The minimum Gasteiger partial charge on any atom is -0.294 e. The summed E-state index contributed by atoms with van der Waals surface area (Å²) in [7, 11) is 0. The third-order valence-corrected chi connectivity index (χ3v) is 5.59. The monoisotopic (exact) mass is 431 g/mol. The van der Waals surface area contributed by atoms with E-state index in [4.69, 9.17) is 11.6 Å². The molecule has 7 nitrogen and oxygen atoms in total. The molecule has 9 heteroatoms. The van der Waals surface area contributed by atoms with Gasteiger partial charge in [0.15, 0.2) is 5.16 Å². The zero-order chi connectivity index (χ0) is 21.0. The predicted octanol–water partition coefficient (Wildman–Crippen LogP) is 4.01. The summed E-state index contributed by atoms with van der Waals surface area (Å²) in [6.07, 6.45) is 3.93. The van der Waals surface area contributed by atoms with Crippen molar-refractivity contribution in [3.05, 3.63) is 52.0 Å². The van der Waals surface area contributed by atoms with E-state index in [-0.39, 0.29) is 17.4 Å². The van der Waals surface area contributed by atoms with Crippen LogP contribution in [0, 0.1) is 5.92 Å². The van der Waals surface area contributed by atoms with E-state index >= 15 is 0 Å². The maximum atomic E-state index is 13.1. The Labute approximate surface area is 177 Å². The number of fused-ring (bicyclic) bond motifs is 1. The van der Waals surface area contributed by atoms with Crippen molar-refractivity contribution in [3.8, 4) is 0 Å². The Morgan fingerprint density at radius 3 is 2.66 bits per heavy atom. The average Bonchev–Trinajstić information content (AvgIpc) is 2.68. The lowest BCUT2D eigenvalue weighted by Crippen LogP contribution is -2.28. The number of hydrogen-bond acceptors (Lipinski definition) is 6. The van der Waals surface area contributed by atoms with Crippen LogP contribution in [0.4, 0.5) is 5.95 Å². The molecule has 1 amide bonds. The SMILES string of the molecule is CC(C)CCn1c(SC(C)C(=O)Nc2ncccn2)nc2cc(Cl)ccc2c1=O. The summed E-state index contributed by atoms with van der Waals surface area (Å²) < 4.78 is 1.64. The van der Waals surface area contributed by atoms with E-state index in [1.165, 1.54) is 11.8 Å². The molecule has 1 atom stereocenters. The Bertz CT molecular complexity index is 1070. The predicted molar refractivity (Wildman–Crippen MR) is 116 cm³/mol. The van der Waals surface area contributed by atoms with Crippen LogP contribution in [0.25, 0.3) is 10.9 Å². The molecule has 3 rings (SSSR count). The molecule has 0 fully saturated rings. The molecule has 0 saturated carbocycles. The van der Waals surface area contributed by atoms with Gasteiger partial charge in [-0.25, -0.2) is 15.0 Å². The maximum Gasteiger partial charge on any atom is 0.262 e. The second kappa shape index (κ2) is 9.37. The number of nitrogens with zero attached hydrogens (tertiary/aromatic N) is 4. The highest BCUT2D eigenvalue weighted by molar-refractivity contribution is 8.00. The number of halogens is 1. The highest BCUT2D eigenvalue weighted by atomic mass is 35.5. The number of carbonyl (C=O) groups excluding carboxylic acids is 1. The first-order chi connectivity index (χ1) is 13.8. The highest BCUT2D eigenvalue weighted by Gasteiger charge is 2.20. The van der Waals surface area contributed by atoms with E-state index in [1.807, 2.05) is 0 Å². The fourth-order valence-corrected chi connectivity index (χ4v) is 3.74. The minimum atomic E-state index is -0.507. The van der Waals surface area contributed by atoms with E-state index < -0.39 is 5.25 Å². The van der Waals surface area contributed by atoms with Crippen LogP contribution < -0.4 is 10.9 Å². The van der Waals surface area contributed by atoms with Gasteiger partial charge in [0.05, 0.1) is 16.2 Å². The maximum absolute atomic E-state index is 13.1. The van der Waals surface area contributed by atoms with Crippen molar-refractivity contribution in [2.75, 3.05) is 5.32 Å². The number of aromatic nitrogens is 4. The number of carbonyl (C=O) groups is 1. The van der Waals surface area contributed by atoms with Crippen LogP contribution in [0.2, 0.25) is 5.02 Å². The molecule has 0 aliphatic heterocycles. The molecule has 0 spiro atoms. The Morgan fingerprint density at radius 1 is 1.24 bits per heavy atom. The summed E-state index contributed by atoms with van der Waals surface area (Å²) in [5.41, 5.74) is 0.388. The summed E-state index contributed by atoms with van der Waals surface area (Å²) in [6, 6.07) is 6.71. The molecule has 0 aliphatic rings. The molecule has 0 saturated heterocycles. The zero-order valence-corrected chi connectivity index (χ0v) is 18.0. The van der Waals surface area contributed by atoms with Crippen molar-refractivity contribution < 1.29 is 4.79 Å². The second-order valence-electron chi connectivity index (χ2n) is 7.02. The molecule has 1 N–H and O–H groups in total. The third-order valence-electron chi connectivity index (χ3n) is 4.26. The molecule has 2 heterocycles. The molecule has 1 aromatic carbocycles. The zero-order valence-electron chi connectivity index (χ0n) is 16.4. The van der Waals surface area contributed by atoms with E-state index in [0.29, 0.717) is 33.5 Å². The summed E-state index contributed by atoms with van der Waals surface area (Å²) in [6.45, 7) is 6.48. The normalized spacial score (nSPS) is 12.3. The Balaban J connectivity index is 1.92. The van der Waals surface area contributed by atoms with Crippen LogP contribution in [0.15, 0.2) is 46.6 Å². The van der Waals surface area contributed by atoms with Crippen molar-refractivity contribution in [2.45, 2.75) is 44.1 Å². The molecular formula is C20H22ClN5O2S. The van der Waals surface area contributed by atoms with E-state index in [9.17, 15) is 9.59 Å². The van der Waals surface area contributed by atoms with Gasteiger partial charge >= 0.3 is 0 Å². The number of rotatable bonds is 7. The minimum absolute atomic E-state index is 0.131. The Kier molecular flexibility index (Phi) is 6.87. The van der Waals surface area contributed by atoms with Crippen molar-refractivity contribution in [2.24, 2.45) is 5.92 Å². The highest BCUT2D eigenvalue weighted by Crippen LogP contribution is 2.25. The van der Waals surface area contributed by atoms with Gasteiger partial charge in [0, 0.05) is 24.0 Å². The summed E-state index contributed by atoms with van der Waals surface area (Å²) in [5, 5.41) is 3.67. The van der Waals surface area contributed by atoms with E-state index in [0.717, 1.165) is 6.42 Å². The number of benzene rings is 1. The summed E-state index contributed by atoms with van der Waals surface area (Å²) in [4.78, 5) is 38.2. The Morgan fingerprint density at radius 2 is 1.97 bits per heavy atom. The first-order valence-corrected chi connectivity index (χ1v) is 10.6. The van der Waals surface area contributed by atoms with Crippen molar-refractivity contribution in [1.82, 2.24) is 19.5 Å². The number of amides is 1. The van der Waals surface area contributed by atoms with Gasteiger partial charge in [-0.05, 0) is 43.5 Å². The van der Waals surface area contributed by atoms with Crippen LogP contribution in [-0.2, 0) is 11.3 Å². The lowest BCUT2D eigenvalue weighted by atomic mass is 10.1.